The Hall–Kier alpha value is -0.626. The third-order valence-corrected chi connectivity index (χ3v) is 15.0. The van der Waals surface area contributed by atoms with Gasteiger partial charge in [-0.3, -0.25) is 0 Å². The molecule has 0 bridgehead atoms. The fourth-order valence-corrected chi connectivity index (χ4v) is 3.74. The van der Waals surface area contributed by atoms with Crippen molar-refractivity contribution >= 4 is 22.3 Å². The van der Waals surface area contributed by atoms with Gasteiger partial charge in [0.2, 0.25) is 0 Å². The van der Waals surface area contributed by atoms with E-state index in [1.54, 1.807) is 0 Å². The van der Waals surface area contributed by atoms with Gasteiger partial charge in [0.05, 0.1) is 13.2 Å². The zero-order valence-corrected chi connectivity index (χ0v) is 20.0. The molecule has 3 nitrogen and oxygen atoms in total. The molecule has 1 aromatic rings. The summed E-state index contributed by atoms with van der Waals surface area (Å²) in [7, 11) is -3.53. The van der Waals surface area contributed by atoms with Gasteiger partial charge >= 0.3 is 0 Å². The van der Waals surface area contributed by atoms with Crippen LogP contribution in [-0.2, 0) is 22.1 Å². The first-order valence-corrected chi connectivity index (χ1v) is 15.0. The summed E-state index contributed by atoms with van der Waals surface area (Å²) in [5.74, 6) is 0. The Kier molecular flexibility index (Phi) is 6.77. The van der Waals surface area contributed by atoms with Crippen molar-refractivity contribution in [3.8, 4) is 0 Å². The molecular formula is C20H39NO2Si2. The molecule has 5 heteroatoms. The van der Waals surface area contributed by atoms with Gasteiger partial charge in [-0.25, -0.2) is 0 Å². The van der Waals surface area contributed by atoms with E-state index in [0.717, 1.165) is 11.3 Å². The number of rotatable bonds is 6. The molecule has 0 spiro atoms. The minimum Gasteiger partial charge on any atom is -0.413 e. The van der Waals surface area contributed by atoms with Crippen LogP contribution in [0.25, 0.3) is 0 Å². The van der Waals surface area contributed by atoms with Gasteiger partial charge < -0.3 is 14.6 Å². The van der Waals surface area contributed by atoms with Crippen molar-refractivity contribution in [2.75, 3.05) is 5.73 Å². The lowest BCUT2D eigenvalue weighted by molar-refractivity contribution is 0.271. The van der Waals surface area contributed by atoms with Crippen LogP contribution < -0.4 is 5.73 Å². The van der Waals surface area contributed by atoms with E-state index in [1.165, 1.54) is 5.56 Å². The summed E-state index contributed by atoms with van der Waals surface area (Å²) in [4.78, 5) is 0. The summed E-state index contributed by atoms with van der Waals surface area (Å²) in [6.07, 6.45) is 0. The molecule has 1 rings (SSSR count). The number of hydrogen-bond donors (Lipinski definition) is 1. The van der Waals surface area contributed by atoms with Crippen LogP contribution >= 0.6 is 0 Å². The standard InChI is InChI=1S/C20H39NO2Si2/c1-19(2,3)24(7,8)22-14-16-11-12-18(21)17(13-16)15-23-25(9,10)20(4,5)6/h11-13H,14-15,21H2,1-10H3. The van der Waals surface area contributed by atoms with Crippen molar-refractivity contribution in [2.24, 2.45) is 0 Å². The van der Waals surface area contributed by atoms with Crippen molar-refractivity contribution in [1.29, 1.82) is 0 Å². The topological polar surface area (TPSA) is 44.5 Å². The summed E-state index contributed by atoms with van der Waals surface area (Å²) < 4.78 is 12.7. The molecule has 25 heavy (non-hydrogen) atoms. The Morgan fingerprint density at radius 2 is 1.24 bits per heavy atom. The molecule has 1 aromatic carbocycles. The minimum atomic E-state index is -1.78. The van der Waals surface area contributed by atoms with Gasteiger partial charge in [-0.05, 0) is 59.5 Å². The van der Waals surface area contributed by atoms with E-state index in [-0.39, 0.29) is 10.1 Å². The maximum atomic E-state index is 6.34. The number of anilines is 1. The molecule has 144 valence electrons. The second kappa shape index (κ2) is 7.55. The molecule has 2 N–H and O–H groups in total. The van der Waals surface area contributed by atoms with E-state index in [0.29, 0.717) is 13.2 Å². The first kappa shape index (κ1) is 22.4. The van der Waals surface area contributed by atoms with Gasteiger partial charge in [0.15, 0.2) is 16.6 Å². The second-order valence-electron chi connectivity index (χ2n) is 10.1. The second-order valence-corrected chi connectivity index (χ2v) is 19.7. The summed E-state index contributed by atoms with van der Waals surface area (Å²) in [6, 6.07) is 6.20. The molecular weight excluding hydrogens is 342 g/mol. The lowest BCUT2D eigenvalue weighted by Crippen LogP contribution is -2.40. The molecule has 0 amide bonds. The largest absolute Gasteiger partial charge is 0.413 e. The Labute approximate surface area is 157 Å². The molecule has 0 heterocycles. The maximum Gasteiger partial charge on any atom is 0.192 e. The molecule has 0 radical (unpaired) electrons. The number of nitrogens with two attached hydrogens (primary N) is 1. The van der Waals surface area contributed by atoms with Crippen LogP contribution in [0.4, 0.5) is 5.69 Å². The molecule has 0 fully saturated rings. The average molecular weight is 382 g/mol. The van der Waals surface area contributed by atoms with Crippen molar-refractivity contribution in [1.82, 2.24) is 0 Å². The average Bonchev–Trinajstić information content (AvgIpc) is 2.42. The van der Waals surface area contributed by atoms with E-state index < -0.39 is 16.6 Å². The third kappa shape index (κ3) is 5.95. The Balaban J connectivity index is 2.84. The number of hydrogen-bond acceptors (Lipinski definition) is 3. The summed E-state index contributed by atoms with van der Waals surface area (Å²) in [5.41, 5.74) is 9.23. The SMILES string of the molecule is CC(C)(C)[Si](C)(C)OCc1ccc(N)c(CO[Si](C)(C)C(C)(C)C)c1. The molecule has 0 saturated carbocycles. The molecule has 0 unspecified atom stereocenters. The van der Waals surface area contributed by atoms with E-state index >= 15 is 0 Å². The molecule has 0 aromatic heterocycles. The van der Waals surface area contributed by atoms with Crippen LogP contribution in [0.1, 0.15) is 52.7 Å². The summed E-state index contributed by atoms with van der Waals surface area (Å²) in [5, 5.41) is 0.417. The van der Waals surface area contributed by atoms with Crippen molar-refractivity contribution in [3.63, 3.8) is 0 Å². The Morgan fingerprint density at radius 1 is 0.800 bits per heavy atom. The first-order valence-electron chi connectivity index (χ1n) is 9.22. The Morgan fingerprint density at radius 3 is 1.68 bits per heavy atom. The van der Waals surface area contributed by atoms with Crippen LogP contribution in [0.15, 0.2) is 18.2 Å². The normalized spacial score (nSPS) is 14.0. The van der Waals surface area contributed by atoms with Gasteiger partial charge in [-0.15, -0.1) is 0 Å². The van der Waals surface area contributed by atoms with Crippen LogP contribution in [0, 0.1) is 0 Å². The zero-order chi connectivity index (χ0) is 19.7. The van der Waals surface area contributed by atoms with Crippen molar-refractivity contribution in [2.45, 2.75) is 91.0 Å². The van der Waals surface area contributed by atoms with Crippen molar-refractivity contribution < 1.29 is 8.85 Å². The zero-order valence-electron chi connectivity index (χ0n) is 18.0. The highest BCUT2D eigenvalue weighted by atomic mass is 28.4. The molecule has 0 saturated heterocycles. The monoisotopic (exact) mass is 381 g/mol. The van der Waals surface area contributed by atoms with E-state index in [1.807, 2.05) is 6.07 Å². The van der Waals surface area contributed by atoms with Gasteiger partial charge in [-0.1, -0.05) is 47.6 Å². The highest BCUT2D eigenvalue weighted by molar-refractivity contribution is 6.74. The van der Waals surface area contributed by atoms with Crippen LogP contribution in [0.5, 0.6) is 0 Å². The van der Waals surface area contributed by atoms with Gasteiger partial charge in [-0.2, -0.15) is 0 Å². The van der Waals surface area contributed by atoms with Gasteiger partial charge in [0, 0.05) is 5.69 Å². The number of benzene rings is 1. The van der Waals surface area contributed by atoms with Crippen molar-refractivity contribution in [3.05, 3.63) is 29.3 Å². The predicted octanol–water partition coefficient (Wildman–Crippen LogP) is 6.31. The van der Waals surface area contributed by atoms with Crippen LogP contribution in [-0.4, -0.2) is 16.6 Å². The molecule has 0 atom stereocenters. The third-order valence-electron chi connectivity index (χ3n) is 6.01. The quantitative estimate of drug-likeness (QED) is 0.463. The highest BCUT2D eigenvalue weighted by Gasteiger charge is 2.38. The van der Waals surface area contributed by atoms with E-state index in [2.05, 4.69) is 79.9 Å². The predicted molar refractivity (Wildman–Crippen MR) is 115 cm³/mol. The molecule has 0 aliphatic heterocycles. The van der Waals surface area contributed by atoms with Crippen LogP contribution in [0.2, 0.25) is 36.3 Å². The molecule has 0 aliphatic rings. The lowest BCUT2D eigenvalue weighted by Gasteiger charge is -2.36. The fourth-order valence-electron chi connectivity index (χ4n) is 1.83. The summed E-state index contributed by atoms with van der Waals surface area (Å²) >= 11 is 0. The number of nitrogen functional groups attached to an aromatic ring is 1. The Bertz CT molecular complexity index is 584. The van der Waals surface area contributed by atoms with Crippen LogP contribution in [0.3, 0.4) is 0 Å². The fraction of sp³-hybridized carbons (Fsp3) is 0.700. The highest BCUT2D eigenvalue weighted by Crippen LogP contribution is 2.38. The van der Waals surface area contributed by atoms with E-state index in [9.17, 15) is 0 Å². The minimum absolute atomic E-state index is 0.199. The van der Waals surface area contributed by atoms with Gasteiger partial charge in [0.1, 0.15) is 0 Å². The summed E-state index contributed by atoms with van der Waals surface area (Å²) in [6.45, 7) is 23.9. The van der Waals surface area contributed by atoms with E-state index in [4.69, 9.17) is 14.6 Å². The first-order chi connectivity index (χ1) is 11.1. The van der Waals surface area contributed by atoms with Gasteiger partial charge in [0.25, 0.3) is 0 Å². The smallest absolute Gasteiger partial charge is 0.192 e. The maximum absolute atomic E-state index is 6.34. The lowest BCUT2D eigenvalue weighted by atomic mass is 10.1. The molecule has 0 aliphatic carbocycles.